The Bertz CT molecular complexity index is 1000. The number of hydrogen-bond acceptors (Lipinski definition) is 2. The Morgan fingerprint density at radius 1 is 1.15 bits per heavy atom. The normalized spacial score (nSPS) is 17.0. The van der Waals surface area contributed by atoms with Gasteiger partial charge in [0.2, 0.25) is 0 Å². The monoisotopic (exact) mass is 369 g/mol. The number of hydrogen-bond donors (Lipinski definition) is 1. The highest BCUT2D eigenvalue weighted by atomic mass is 35.5. The number of carbonyl (C=O) groups is 1. The Hall–Kier alpha value is -2.59. The van der Waals surface area contributed by atoms with Crippen molar-refractivity contribution in [2.45, 2.75) is 18.9 Å². The summed E-state index contributed by atoms with van der Waals surface area (Å²) in [4.78, 5) is 13.4. The molecular formula is C21H17ClFNO2. The molecule has 1 atom stereocenters. The van der Waals surface area contributed by atoms with Crippen LogP contribution in [0.2, 0.25) is 5.02 Å². The number of carboxylic acids is 1. The molecule has 26 heavy (non-hydrogen) atoms. The van der Waals surface area contributed by atoms with Crippen molar-refractivity contribution in [3.05, 3.63) is 76.6 Å². The summed E-state index contributed by atoms with van der Waals surface area (Å²) >= 11 is 6.45. The van der Waals surface area contributed by atoms with E-state index in [1.54, 1.807) is 12.1 Å². The Morgan fingerprint density at radius 3 is 2.77 bits per heavy atom. The van der Waals surface area contributed by atoms with Crippen LogP contribution < -0.4 is 4.90 Å². The first-order valence-electron chi connectivity index (χ1n) is 8.53. The zero-order valence-corrected chi connectivity index (χ0v) is 14.7. The lowest BCUT2D eigenvalue weighted by atomic mass is 10.00. The third kappa shape index (κ3) is 2.80. The van der Waals surface area contributed by atoms with Gasteiger partial charge in [-0.25, -0.2) is 9.18 Å². The second kappa shape index (κ2) is 6.61. The van der Waals surface area contributed by atoms with E-state index in [1.807, 2.05) is 30.3 Å². The molecule has 3 nitrogen and oxygen atoms in total. The summed E-state index contributed by atoms with van der Waals surface area (Å²) in [6.45, 7) is 0.774. The van der Waals surface area contributed by atoms with Crippen LogP contribution in [0, 0.1) is 5.82 Å². The second-order valence-corrected chi connectivity index (χ2v) is 6.92. The summed E-state index contributed by atoms with van der Waals surface area (Å²) in [6, 6.07) is 16.2. The van der Waals surface area contributed by atoms with E-state index < -0.39 is 11.8 Å². The molecule has 1 N–H and O–H groups in total. The minimum atomic E-state index is -1.25. The fraction of sp³-hybridized carbons (Fsp3) is 0.190. The van der Waals surface area contributed by atoms with Crippen LogP contribution in [0.25, 0.3) is 10.8 Å². The molecule has 132 valence electrons. The SMILES string of the molecule is O=C(O)c1cccc([C@@H]2CCCN2c2cc(Cl)c3ccccc3c2)c1F. The summed E-state index contributed by atoms with van der Waals surface area (Å²) in [5, 5.41) is 11.9. The molecule has 0 amide bonds. The molecule has 0 unspecified atom stereocenters. The largest absolute Gasteiger partial charge is 0.478 e. The lowest BCUT2D eigenvalue weighted by Gasteiger charge is -2.28. The Labute approximate surface area is 155 Å². The van der Waals surface area contributed by atoms with E-state index >= 15 is 0 Å². The quantitative estimate of drug-likeness (QED) is 0.646. The maximum Gasteiger partial charge on any atom is 0.338 e. The first-order valence-corrected chi connectivity index (χ1v) is 8.90. The van der Waals surface area contributed by atoms with E-state index in [0.29, 0.717) is 10.6 Å². The molecule has 5 heteroatoms. The number of halogens is 2. The molecule has 0 saturated carbocycles. The van der Waals surface area contributed by atoms with E-state index in [-0.39, 0.29) is 11.6 Å². The highest BCUT2D eigenvalue weighted by Gasteiger charge is 2.30. The molecule has 1 saturated heterocycles. The van der Waals surface area contributed by atoms with E-state index in [0.717, 1.165) is 35.8 Å². The predicted molar refractivity (Wildman–Crippen MR) is 102 cm³/mol. The van der Waals surface area contributed by atoms with Gasteiger partial charge in [-0.15, -0.1) is 0 Å². The summed E-state index contributed by atoms with van der Waals surface area (Å²) in [5.74, 6) is -1.90. The maximum absolute atomic E-state index is 14.8. The lowest BCUT2D eigenvalue weighted by Crippen LogP contribution is -2.24. The van der Waals surface area contributed by atoms with Crippen molar-refractivity contribution < 1.29 is 14.3 Å². The van der Waals surface area contributed by atoms with Gasteiger partial charge in [0.15, 0.2) is 0 Å². The van der Waals surface area contributed by atoms with Gasteiger partial charge in [-0.05, 0) is 36.4 Å². The highest BCUT2D eigenvalue weighted by molar-refractivity contribution is 6.35. The van der Waals surface area contributed by atoms with Gasteiger partial charge in [0.25, 0.3) is 0 Å². The van der Waals surface area contributed by atoms with Crippen LogP contribution in [0.4, 0.5) is 10.1 Å². The van der Waals surface area contributed by atoms with E-state index in [9.17, 15) is 14.3 Å². The highest BCUT2D eigenvalue weighted by Crippen LogP contribution is 2.40. The van der Waals surface area contributed by atoms with Gasteiger partial charge in [0.05, 0.1) is 16.6 Å². The molecule has 3 aromatic rings. The van der Waals surface area contributed by atoms with Crippen LogP contribution in [0.3, 0.4) is 0 Å². The van der Waals surface area contributed by atoms with E-state index in [4.69, 9.17) is 11.6 Å². The number of benzene rings is 3. The number of anilines is 1. The fourth-order valence-corrected chi connectivity index (χ4v) is 4.07. The molecule has 0 radical (unpaired) electrons. The third-order valence-corrected chi connectivity index (χ3v) is 5.31. The standard InChI is InChI=1S/C21H17ClFNO2/c22-18-12-14(11-13-5-1-2-6-15(13)18)24-10-4-9-19(24)16-7-3-8-17(20(16)23)21(25)26/h1-3,5-8,11-12,19H,4,9-10H2,(H,25,26)/t19-/m0/s1. The van der Waals surface area contributed by atoms with Gasteiger partial charge in [-0.3, -0.25) is 0 Å². The van der Waals surface area contributed by atoms with Crippen LogP contribution in [0.15, 0.2) is 54.6 Å². The van der Waals surface area contributed by atoms with Crippen molar-refractivity contribution >= 4 is 34.0 Å². The van der Waals surface area contributed by atoms with Crippen molar-refractivity contribution in [2.75, 3.05) is 11.4 Å². The minimum absolute atomic E-state index is 0.202. The topological polar surface area (TPSA) is 40.5 Å². The van der Waals surface area contributed by atoms with Gasteiger partial charge in [-0.1, -0.05) is 48.0 Å². The summed E-state index contributed by atoms with van der Waals surface area (Å²) in [5.41, 5.74) is 1.06. The van der Waals surface area contributed by atoms with Gasteiger partial charge in [-0.2, -0.15) is 0 Å². The van der Waals surface area contributed by atoms with E-state index in [1.165, 1.54) is 6.07 Å². The summed E-state index contributed by atoms with van der Waals surface area (Å²) in [7, 11) is 0. The first-order chi connectivity index (χ1) is 12.6. The van der Waals surface area contributed by atoms with Crippen LogP contribution in [0.5, 0.6) is 0 Å². The molecule has 3 aromatic carbocycles. The Kier molecular flexibility index (Phi) is 4.29. The molecule has 1 heterocycles. The summed E-state index contributed by atoms with van der Waals surface area (Å²) < 4.78 is 14.8. The van der Waals surface area contributed by atoms with Gasteiger partial charge in [0.1, 0.15) is 5.82 Å². The molecule has 1 aliphatic heterocycles. The average Bonchev–Trinajstić information content (AvgIpc) is 3.11. The number of fused-ring (bicyclic) bond motifs is 1. The number of nitrogens with zero attached hydrogens (tertiary/aromatic N) is 1. The van der Waals surface area contributed by atoms with Crippen LogP contribution >= 0.6 is 11.6 Å². The van der Waals surface area contributed by atoms with Crippen molar-refractivity contribution in [3.8, 4) is 0 Å². The predicted octanol–water partition coefficient (Wildman–Crippen LogP) is 5.67. The van der Waals surface area contributed by atoms with Crippen LogP contribution in [-0.2, 0) is 0 Å². The minimum Gasteiger partial charge on any atom is -0.478 e. The van der Waals surface area contributed by atoms with Gasteiger partial charge >= 0.3 is 5.97 Å². The average molecular weight is 370 g/mol. The van der Waals surface area contributed by atoms with E-state index in [2.05, 4.69) is 11.0 Å². The molecular weight excluding hydrogens is 353 g/mol. The van der Waals surface area contributed by atoms with Crippen molar-refractivity contribution in [1.29, 1.82) is 0 Å². The lowest BCUT2D eigenvalue weighted by molar-refractivity contribution is 0.0691. The van der Waals surface area contributed by atoms with Crippen LogP contribution in [-0.4, -0.2) is 17.6 Å². The van der Waals surface area contributed by atoms with Gasteiger partial charge < -0.3 is 10.0 Å². The molecule has 0 aliphatic carbocycles. The number of rotatable bonds is 3. The molecule has 0 bridgehead atoms. The second-order valence-electron chi connectivity index (χ2n) is 6.51. The smallest absolute Gasteiger partial charge is 0.338 e. The zero-order chi connectivity index (χ0) is 18.3. The molecule has 0 aromatic heterocycles. The van der Waals surface area contributed by atoms with Crippen molar-refractivity contribution in [1.82, 2.24) is 0 Å². The molecule has 0 spiro atoms. The first kappa shape index (κ1) is 16.9. The van der Waals surface area contributed by atoms with Crippen molar-refractivity contribution in [2.24, 2.45) is 0 Å². The molecule has 1 aliphatic rings. The fourth-order valence-electron chi connectivity index (χ4n) is 3.79. The number of aromatic carboxylic acids is 1. The van der Waals surface area contributed by atoms with Gasteiger partial charge in [0, 0.05) is 23.2 Å². The zero-order valence-electron chi connectivity index (χ0n) is 14.0. The Morgan fingerprint density at radius 2 is 1.96 bits per heavy atom. The number of carboxylic acid groups (broad SMARTS) is 1. The maximum atomic E-state index is 14.8. The van der Waals surface area contributed by atoms with Crippen LogP contribution in [0.1, 0.15) is 34.8 Å². The third-order valence-electron chi connectivity index (χ3n) is 5.00. The summed E-state index contributed by atoms with van der Waals surface area (Å²) in [6.07, 6.45) is 1.68. The molecule has 1 fully saturated rings. The van der Waals surface area contributed by atoms with Crippen molar-refractivity contribution in [3.63, 3.8) is 0 Å². The molecule has 4 rings (SSSR count). The Balaban J connectivity index is 1.79.